The number of hydrogen-bond acceptors (Lipinski definition) is 7. The maximum atomic E-state index is 13.5. The Morgan fingerprint density at radius 3 is 2.45 bits per heavy atom. The highest BCUT2D eigenvalue weighted by Gasteiger charge is 2.23. The van der Waals surface area contributed by atoms with Crippen LogP contribution in [-0.2, 0) is 27.4 Å². The van der Waals surface area contributed by atoms with E-state index in [1.165, 1.54) is 12.0 Å². The number of pyridine rings is 2. The Morgan fingerprint density at radius 2 is 1.73 bits per heavy atom. The molecule has 0 radical (unpaired) electrons. The summed E-state index contributed by atoms with van der Waals surface area (Å²) < 4.78 is 12.1. The molecule has 2 heterocycles. The second-order valence-electron chi connectivity index (χ2n) is 12.6. The Balaban J connectivity index is 1.24. The van der Waals surface area contributed by atoms with Gasteiger partial charge in [0.15, 0.2) is 0 Å². The van der Waals surface area contributed by atoms with Gasteiger partial charge in [0.1, 0.15) is 5.60 Å². The number of fused-ring (bicyclic) bond motifs is 3. The highest BCUT2D eigenvalue weighted by Crippen LogP contribution is 2.29. The summed E-state index contributed by atoms with van der Waals surface area (Å²) >= 11 is 6.63. The van der Waals surface area contributed by atoms with Crippen LogP contribution in [0.15, 0.2) is 90.0 Å². The molecule has 0 aliphatic rings. The zero-order valence-corrected chi connectivity index (χ0v) is 28.8. The maximum absolute atomic E-state index is 13.5. The van der Waals surface area contributed by atoms with Gasteiger partial charge >= 0.3 is 12.1 Å². The van der Waals surface area contributed by atoms with Gasteiger partial charge in [-0.3, -0.25) is 14.6 Å². The molecule has 5 aromatic rings. The maximum Gasteiger partial charge on any atom is 0.410 e. The summed E-state index contributed by atoms with van der Waals surface area (Å²) in [6.07, 6.45) is 3.16. The lowest BCUT2D eigenvalue weighted by Crippen LogP contribution is -2.39. The van der Waals surface area contributed by atoms with Crippen LogP contribution in [0.1, 0.15) is 49.5 Å². The summed E-state index contributed by atoms with van der Waals surface area (Å²) in [6, 6.07) is 22.2. The van der Waals surface area contributed by atoms with E-state index >= 15 is 0 Å². The minimum absolute atomic E-state index is 0.0451. The van der Waals surface area contributed by atoms with Gasteiger partial charge in [0.25, 0.3) is 5.56 Å². The molecule has 0 bridgehead atoms. The Hall–Kier alpha value is -5.22. The number of aryl methyl sites for hydroxylation is 1. The first-order valence-corrected chi connectivity index (χ1v) is 16.4. The lowest BCUT2D eigenvalue weighted by Gasteiger charge is -2.27. The summed E-state index contributed by atoms with van der Waals surface area (Å²) in [5.41, 5.74) is 2.63. The number of methoxy groups -OCH3 is 1. The lowest BCUT2D eigenvalue weighted by atomic mass is 10.0. The summed E-state index contributed by atoms with van der Waals surface area (Å²) in [4.78, 5) is 57.5. The van der Waals surface area contributed by atoms with E-state index in [0.29, 0.717) is 46.4 Å². The van der Waals surface area contributed by atoms with Crippen molar-refractivity contribution in [2.75, 3.05) is 20.2 Å². The molecule has 0 aliphatic carbocycles. The van der Waals surface area contributed by atoms with Crippen molar-refractivity contribution in [3.05, 3.63) is 112 Å². The largest absolute Gasteiger partial charge is 0.465 e. The Morgan fingerprint density at radius 1 is 0.959 bits per heavy atom. The van der Waals surface area contributed by atoms with Gasteiger partial charge in [-0.05, 0) is 62.6 Å². The third kappa shape index (κ3) is 8.63. The number of amides is 2. The van der Waals surface area contributed by atoms with E-state index < -0.39 is 17.7 Å². The van der Waals surface area contributed by atoms with Gasteiger partial charge in [0.2, 0.25) is 5.91 Å². The van der Waals surface area contributed by atoms with Gasteiger partial charge in [0, 0.05) is 66.4 Å². The zero-order valence-electron chi connectivity index (χ0n) is 28.0. The van der Waals surface area contributed by atoms with E-state index in [4.69, 9.17) is 21.1 Å². The van der Waals surface area contributed by atoms with E-state index in [1.807, 2.05) is 48.5 Å². The molecule has 3 aromatic carbocycles. The minimum Gasteiger partial charge on any atom is -0.465 e. The van der Waals surface area contributed by atoms with Crippen molar-refractivity contribution in [3.8, 4) is 11.1 Å². The predicted molar refractivity (Wildman–Crippen MR) is 191 cm³/mol. The van der Waals surface area contributed by atoms with Crippen molar-refractivity contribution in [2.45, 2.75) is 52.3 Å². The number of hydrogen-bond donors (Lipinski definition) is 1. The molecule has 0 saturated heterocycles. The zero-order chi connectivity index (χ0) is 35.1. The van der Waals surface area contributed by atoms with Gasteiger partial charge in [-0.1, -0.05) is 60.1 Å². The van der Waals surface area contributed by atoms with Crippen LogP contribution >= 0.6 is 11.6 Å². The van der Waals surface area contributed by atoms with Gasteiger partial charge < -0.3 is 24.3 Å². The SMILES string of the molecule is COC(=O)c1ccc2c3cnccc3c(=O)n(CCCNC(=O)CCN(Cc3ccc(-c4ccccc4)c(Cl)c3)C(=O)OC(C)(C)C)c2c1. The molecule has 11 heteroatoms. The lowest BCUT2D eigenvalue weighted by molar-refractivity contribution is -0.121. The number of ether oxygens (including phenoxy) is 2. The van der Waals surface area contributed by atoms with Crippen molar-refractivity contribution in [2.24, 2.45) is 0 Å². The molecule has 49 heavy (non-hydrogen) atoms. The average Bonchev–Trinajstić information content (AvgIpc) is 3.08. The molecule has 0 fully saturated rings. The summed E-state index contributed by atoms with van der Waals surface area (Å²) in [7, 11) is 1.30. The van der Waals surface area contributed by atoms with Gasteiger partial charge in [0.05, 0.1) is 23.6 Å². The van der Waals surface area contributed by atoms with E-state index in [9.17, 15) is 19.2 Å². The Kier molecular flexibility index (Phi) is 11.0. The first-order chi connectivity index (χ1) is 23.4. The number of halogens is 1. The van der Waals surface area contributed by atoms with Crippen molar-refractivity contribution in [1.29, 1.82) is 0 Å². The number of carbonyl (C=O) groups excluding carboxylic acids is 3. The molecular formula is C38H39ClN4O6. The van der Waals surface area contributed by atoms with E-state index in [1.54, 1.807) is 62.0 Å². The second kappa shape index (κ2) is 15.3. The molecular weight excluding hydrogens is 644 g/mol. The number of benzene rings is 3. The molecule has 0 spiro atoms. The second-order valence-corrected chi connectivity index (χ2v) is 13.0. The summed E-state index contributed by atoms with van der Waals surface area (Å²) in [5, 5.41) is 5.43. The molecule has 2 amide bonds. The Bertz CT molecular complexity index is 2060. The van der Waals surface area contributed by atoms with Crippen LogP contribution in [0.3, 0.4) is 0 Å². The van der Waals surface area contributed by atoms with Gasteiger partial charge in [-0.15, -0.1) is 0 Å². The van der Waals surface area contributed by atoms with Crippen LogP contribution in [0, 0.1) is 0 Å². The van der Waals surface area contributed by atoms with E-state index in [0.717, 1.165) is 22.1 Å². The van der Waals surface area contributed by atoms with Crippen molar-refractivity contribution in [1.82, 2.24) is 19.8 Å². The number of nitrogens with zero attached hydrogens (tertiary/aromatic N) is 3. The molecule has 2 aromatic heterocycles. The number of rotatable bonds is 11. The number of carbonyl (C=O) groups is 3. The molecule has 0 saturated carbocycles. The molecule has 254 valence electrons. The molecule has 10 nitrogen and oxygen atoms in total. The summed E-state index contributed by atoms with van der Waals surface area (Å²) in [5.74, 6) is -0.757. The molecule has 0 unspecified atom stereocenters. The predicted octanol–water partition coefficient (Wildman–Crippen LogP) is 6.99. The molecule has 5 rings (SSSR count). The smallest absolute Gasteiger partial charge is 0.410 e. The van der Waals surface area contributed by atoms with Crippen molar-refractivity contribution in [3.63, 3.8) is 0 Å². The monoisotopic (exact) mass is 682 g/mol. The van der Waals surface area contributed by atoms with E-state index in [2.05, 4.69) is 10.3 Å². The average molecular weight is 683 g/mol. The normalized spacial score (nSPS) is 11.4. The van der Waals surface area contributed by atoms with Gasteiger partial charge in [-0.25, -0.2) is 9.59 Å². The highest BCUT2D eigenvalue weighted by atomic mass is 35.5. The number of aromatic nitrogens is 2. The van der Waals surface area contributed by atoms with Crippen LogP contribution in [0.25, 0.3) is 32.8 Å². The summed E-state index contributed by atoms with van der Waals surface area (Å²) in [6.45, 7) is 6.29. The standard InChI is InChI=1S/C38H39ClN4O6/c1-38(2,3)49-37(47)42(24-25-11-13-28(32(39)21-25)26-9-6-5-7-10-26)20-16-34(44)41-17-8-19-43-33-22-27(36(46)48-4)12-14-29(33)31-23-40-18-15-30(31)35(43)45/h5-7,9-15,18,21-23H,8,16-17,19-20,24H2,1-4H3,(H,41,44). The third-order valence-electron chi connectivity index (χ3n) is 7.93. The fraction of sp³-hybridized carbons (Fsp3) is 0.289. The first-order valence-electron chi connectivity index (χ1n) is 16.0. The minimum atomic E-state index is -0.717. The topological polar surface area (TPSA) is 120 Å². The fourth-order valence-corrected chi connectivity index (χ4v) is 5.89. The number of esters is 1. The van der Waals surface area contributed by atoms with Crippen molar-refractivity contribution < 1.29 is 23.9 Å². The molecule has 0 atom stereocenters. The Labute approximate surface area is 289 Å². The van der Waals surface area contributed by atoms with E-state index in [-0.39, 0.29) is 31.0 Å². The van der Waals surface area contributed by atoms with Gasteiger partial charge in [-0.2, -0.15) is 0 Å². The van der Waals surface area contributed by atoms with Crippen molar-refractivity contribution >= 4 is 51.2 Å². The first kappa shape index (κ1) is 35.1. The van der Waals surface area contributed by atoms with Crippen LogP contribution in [0.4, 0.5) is 4.79 Å². The fourth-order valence-electron chi connectivity index (χ4n) is 5.58. The van der Waals surface area contributed by atoms with Crippen LogP contribution in [0.5, 0.6) is 0 Å². The molecule has 0 aliphatic heterocycles. The highest BCUT2D eigenvalue weighted by molar-refractivity contribution is 6.33. The quantitative estimate of drug-likeness (QED) is 0.0906. The molecule has 1 N–H and O–H groups in total. The van der Waals surface area contributed by atoms with Crippen LogP contribution in [0.2, 0.25) is 5.02 Å². The third-order valence-corrected chi connectivity index (χ3v) is 8.24. The van der Waals surface area contributed by atoms with Crippen LogP contribution in [-0.4, -0.2) is 58.2 Å². The number of nitrogens with one attached hydrogen (secondary N) is 1. The van der Waals surface area contributed by atoms with Crippen LogP contribution < -0.4 is 10.9 Å².